The number of H-pyrrole nitrogens is 2. The van der Waals surface area contributed by atoms with E-state index < -0.39 is 0 Å². The minimum Gasteiger partial charge on any atom is -0.382 e. The monoisotopic (exact) mass is 450 g/mol. The van der Waals surface area contributed by atoms with Crippen LogP contribution in [0.4, 0.5) is 11.6 Å². The Kier molecular flexibility index (Phi) is 5.76. The van der Waals surface area contributed by atoms with Crippen molar-refractivity contribution in [3.05, 3.63) is 96.1 Å². The molecule has 6 rings (SSSR count). The number of aromatic amines is 2. The van der Waals surface area contributed by atoms with Crippen molar-refractivity contribution in [3.63, 3.8) is 0 Å². The van der Waals surface area contributed by atoms with Gasteiger partial charge in [-0.3, -0.25) is 0 Å². The summed E-state index contributed by atoms with van der Waals surface area (Å²) < 4.78 is 0. The van der Waals surface area contributed by atoms with E-state index in [4.69, 9.17) is 11.5 Å². The Balaban J connectivity index is 0.000000142. The second-order valence-electron chi connectivity index (χ2n) is 7.58. The predicted octanol–water partition coefficient (Wildman–Crippen LogP) is 3.05. The topological polar surface area (TPSA) is 161 Å². The third-order valence-electron chi connectivity index (χ3n) is 5.13. The van der Waals surface area contributed by atoms with Crippen molar-refractivity contribution in [1.82, 2.24) is 39.9 Å². The van der Waals surface area contributed by atoms with Gasteiger partial charge in [0, 0.05) is 12.8 Å². The fourth-order valence-corrected chi connectivity index (χ4v) is 3.52. The summed E-state index contributed by atoms with van der Waals surface area (Å²) >= 11 is 0. The van der Waals surface area contributed by atoms with Crippen molar-refractivity contribution >= 4 is 34.0 Å². The van der Waals surface area contributed by atoms with E-state index in [1.807, 2.05) is 60.7 Å². The van der Waals surface area contributed by atoms with Crippen LogP contribution in [0.15, 0.2) is 73.3 Å². The second kappa shape index (κ2) is 9.33. The zero-order valence-corrected chi connectivity index (χ0v) is 18.2. The lowest BCUT2D eigenvalue weighted by Gasteiger charge is -2.02. The Morgan fingerprint density at radius 2 is 0.971 bits per heavy atom. The zero-order chi connectivity index (χ0) is 23.3. The van der Waals surface area contributed by atoms with Crippen LogP contribution < -0.4 is 11.5 Å². The maximum Gasteiger partial charge on any atom is 0.183 e. The number of hydrogen-bond acceptors (Lipinski definition) is 8. The van der Waals surface area contributed by atoms with Gasteiger partial charge in [-0.2, -0.15) is 0 Å². The highest BCUT2D eigenvalue weighted by Crippen LogP contribution is 2.16. The standard InChI is InChI=1S/2C12H11N5/c2*13-11-10-12(15-7-14-10)17-9(16-11)6-8-4-2-1-3-5-8/h2*1-5,7H,6H2,(H3,13,14,15,16,17). The summed E-state index contributed by atoms with van der Waals surface area (Å²) in [5.74, 6) is 2.26. The minimum absolute atomic E-state index is 0.443. The van der Waals surface area contributed by atoms with E-state index in [-0.39, 0.29) is 0 Å². The van der Waals surface area contributed by atoms with Crippen LogP contribution in [0.25, 0.3) is 22.3 Å². The molecule has 6 aromatic rings. The third-order valence-corrected chi connectivity index (χ3v) is 5.13. The van der Waals surface area contributed by atoms with Gasteiger partial charge in [0.25, 0.3) is 0 Å². The molecule has 0 radical (unpaired) electrons. The highest BCUT2D eigenvalue weighted by Gasteiger charge is 2.08. The van der Waals surface area contributed by atoms with Crippen LogP contribution in [0.3, 0.4) is 0 Å². The zero-order valence-electron chi connectivity index (χ0n) is 18.2. The molecule has 0 saturated heterocycles. The predicted molar refractivity (Wildman–Crippen MR) is 131 cm³/mol. The Hall–Kier alpha value is -4.86. The van der Waals surface area contributed by atoms with E-state index in [1.54, 1.807) is 12.7 Å². The number of nitrogens with one attached hydrogen (secondary N) is 2. The summed E-state index contributed by atoms with van der Waals surface area (Å²) in [6, 6.07) is 20.1. The smallest absolute Gasteiger partial charge is 0.183 e. The minimum atomic E-state index is 0.443. The average molecular weight is 451 g/mol. The van der Waals surface area contributed by atoms with Gasteiger partial charge < -0.3 is 21.4 Å². The maximum absolute atomic E-state index is 5.83. The summed E-state index contributed by atoms with van der Waals surface area (Å²) in [5, 5.41) is 0. The number of anilines is 2. The van der Waals surface area contributed by atoms with Crippen LogP contribution in [-0.4, -0.2) is 39.9 Å². The van der Waals surface area contributed by atoms with Crippen molar-refractivity contribution < 1.29 is 0 Å². The first kappa shape index (κ1) is 21.0. The Morgan fingerprint density at radius 1 is 0.559 bits per heavy atom. The molecule has 0 unspecified atom stereocenters. The number of fused-ring (bicyclic) bond motifs is 2. The van der Waals surface area contributed by atoms with Gasteiger partial charge >= 0.3 is 0 Å². The lowest BCUT2D eigenvalue weighted by Crippen LogP contribution is -2.01. The van der Waals surface area contributed by atoms with Crippen LogP contribution in [-0.2, 0) is 12.8 Å². The van der Waals surface area contributed by atoms with Crippen molar-refractivity contribution in [2.75, 3.05) is 11.5 Å². The molecule has 0 aliphatic rings. The third kappa shape index (κ3) is 4.65. The molecule has 10 heteroatoms. The Bertz CT molecular complexity index is 1410. The number of imidazole rings is 2. The van der Waals surface area contributed by atoms with Gasteiger partial charge in [-0.1, -0.05) is 60.7 Å². The number of hydrogen-bond donors (Lipinski definition) is 4. The molecule has 0 aliphatic carbocycles. The molecule has 4 aromatic heterocycles. The van der Waals surface area contributed by atoms with Gasteiger partial charge in [-0.25, -0.2) is 29.9 Å². The molecular formula is C24H22N10. The van der Waals surface area contributed by atoms with E-state index in [9.17, 15) is 0 Å². The molecule has 0 saturated carbocycles. The summed E-state index contributed by atoms with van der Waals surface area (Å²) in [5.41, 5.74) is 16.6. The molecule has 4 heterocycles. The van der Waals surface area contributed by atoms with E-state index in [2.05, 4.69) is 39.9 Å². The first-order valence-corrected chi connectivity index (χ1v) is 10.6. The lowest BCUT2D eigenvalue weighted by atomic mass is 10.1. The van der Waals surface area contributed by atoms with Crippen LogP contribution in [0, 0.1) is 0 Å². The first-order chi connectivity index (χ1) is 16.7. The van der Waals surface area contributed by atoms with E-state index in [0.29, 0.717) is 58.5 Å². The normalized spacial score (nSPS) is 10.8. The van der Waals surface area contributed by atoms with E-state index in [1.165, 1.54) is 0 Å². The largest absolute Gasteiger partial charge is 0.382 e. The molecular weight excluding hydrogens is 428 g/mol. The van der Waals surface area contributed by atoms with Crippen LogP contribution in [0.5, 0.6) is 0 Å². The lowest BCUT2D eigenvalue weighted by molar-refractivity contribution is 0.991. The summed E-state index contributed by atoms with van der Waals surface area (Å²) in [6.07, 6.45) is 4.46. The van der Waals surface area contributed by atoms with Crippen LogP contribution >= 0.6 is 0 Å². The summed E-state index contributed by atoms with van der Waals surface area (Å²) in [6.45, 7) is 0. The van der Waals surface area contributed by atoms with Gasteiger partial charge in [0.2, 0.25) is 0 Å². The number of benzene rings is 2. The Labute approximate surface area is 194 Å². The van der Waals surface area contributed by atoms with Crippen LogP contribution in [0.2, 0.25) is 0 Å². The molecule has 34 heavy (non-hydrogen) atoms. The number of nitrogen functional groups attached to an aromatic ring is 2. The van der Waals surface area contributed by atoms with E-state index in [0.717, 1.165) is 11.1 Å². The van der Waals surface area contributed by atoms with Gasteiger partial charge in [0.05, 0.1) is 12.7 Å². The molecule has 0 atom stereocenters. The van der Waals surface area contributed by atoms with Crippen molar-refractivity contribution in [1.29, 1.82) is 0 Å². The molecule has 0 spiro atoms. The fraction of sp³-hybridized carbons (Fsp3) is 0.0833. The molecule has 0 aliphatic heterocycles. The molecule has 0 fully saturated rings. The summed E-state index contributed by atoms with van der Waals surface area (Å²) in [7, 11) is 0. The van der Waals surface area contributed by atoms with Gasteiger partial charge in [-0.15, -0.1) is 0 Å². The molecule has 10 nitrogen and oxygen atoms in total. The number of aromatic nitrogens is 8. The molecule has 0 amide bonds. The average Bonchev–Trinajstić information content (AvgIpc) is 3.51. The number of nitrogens with two attached hydrogens (primary N) is 2. The van der Waals surface area contributed by atoms with Gasteiger partial charge in [-0.05, 0) is 11.1 Å². The number of nitrogens with zero attached hydrogens (tertiary/aromatic N) is 6. The van der Waals surface area contributed by atoms with Crippen LogP contribution in [0.1, 0.15) is 22.8 Å². The van der Waals surface area contributed by atoms with Crippen molar-refractivity contribution in [2.24, 2.45) is 0 Å². The number of rotatable bonds is 4. The maximum atomic E-state index is 5.83. The van der Waals surface area contributed by atoms with E-state index >= 15 is 0 Å². The van der Waals surface area contributed by atoms with Gasteiger partial charge in [0.15, 0.2) is 22.9 Å². The Morgan fingerprint density at radius 3 is 1.38 bits per heavy atom. The quantitative estimate of drug-likeness (QED) is 0.319. The highest BCUT2D eigenvalue weighted by atomic mass is 15.1. The highest BCUT2D eigenvalue weighted by molar-refractivity contribution is 5.81. The van der Waals surface area contributed by atoms with Gasteiger partial charge in [0.1, 0.15) is 22.7 Å². The fourth-order valence-electron chi connectivity index (χ4n) is 3.52. The molecule has 2 aromatic carbocycles. The first-order valence-electron chi connectivity index (χ1n) is 10.6. The molecule has 168 valence electrons. The van der Waals surface area contributed by atoms with Crippen molar-refractivity contribution in [2.45, 2.75) is 12.8 Å². The molecule has 6 N–H and O–H groups in total. The molecule has 0 bridgehead atoms. The summed E-state index contributed by atoms with van der Waals surface area (Å²) in [4.78, 5) is 31.3. The van der Waals surface area contributed by atoms with Crippen molar-refractivity contribution in [3.8, 4) is 0 Å². The second-order valence-corrected chi connectivity index (χ2v) is 7.58. The SMILES string of the molecule is Nc1nc(Cc2ccccc2)nc2nc[nH]c12.Nc1nc(Cc2ccccc2)nc2nc[nH]c12.